The van der Waals surface area contributed by atoms with Crippen molar-refractivity contribution in [1.82, 2.24) is 14.7 Å². The van der Waals surface area contributed by atoms with Crippen LogP contribution >= 0.6 is 15.9 Å². The number of likely N-dealkylation sites (N-methyl/N-ethyl adjacent to an activating group) is 1. The Morgan fingerprint density at radius 1 is 0.838 bits per heavy atom. The van der Waals surface area contributed by atoms with Crippen LogP contribution in [0.3, 0.4) is 0 Å². The van der Waals surface area contributed by atoms with Gasteiger partial charge in [0.25, 0.3) is 5.91 Å². The molecule has 2 aromatic carbocycles. The number of carbonyl (C=O) groups excluding carboxylic acids is 2. The number of methoxy groups -OCH3 is 4. The third-order valence-electron chi connectivity index (χ3n) is 7.31. The SMILES string of the molecule is CCN1C(=O)N(Cc2cc(OC)cc(OC)c2Br)C(=O)C12CCN(Cc1cc(OC)cc(OC)c1)CC2. The molecule has 2 aliphatic rings. The highest BCUT2D eigenvalue weighted by molar-refractivity contribution is 9.10. The van der Waals surface area contributed by atoms with Gasteiger partial charge in [0.15, 0.2) is 0 Å². The number of hydrogen-bond acceptors (Lipinski definition) is 7. The van der Waals surface area contributed by atoms with Gasteiger partial charge in [-0.3, -0.25) is 14.6 Å². The molecule has 0 bridgehead atoms. The van der Waals surface area contributed by atoms with Gasteiger partial charge in [0, 0.05) is 38.3 Å². The predicted octanol–water partition coefficient (Wildman–Crippen LogP) is 4.30. The maximum absolute atomic E-state index is 13.9. The van der Waals surface area contributed by atoms with Crippen LogP contribution in [0.4, 0.5) is 4.79 Å². The third kappa shape index (κ3) is 5.09. The highest BCUT2D eigenvalue weighted by Crippen LogP contribution is 2.40. The van der Waals surface area contributed by atoms with Crippen molar-refractivity contribution in [2.24, 2.45) is 0 Å². The summed E-state index contributed by atoms with van der Waals surface area (Å²) in [5.74, 6) is 2.52. The summed E-state index contributed by atoms with van der Waals surface area (Å²) in [7, 11) is 6.41. The van der Waals surface area contributed by atoms with Crippen LogP contribution in [0.1, 0.15) is 30.9 Å². The maximum atomic E-state index is 13.9. The lowest BCUT2D eigenvalue weighted by Crippen LogP contribution is -2.56. The van der Waals surface area contributed by atoms with Gasteiger partial charge in [0.1, 0.15) is 28.5 Å². The van der Waals surface area contributed by atoms with Crippen LogP contribution in [0, 0.1) is 0 Å². The standard InChI is InChI=1S/C27H34BrN3O6/c1-6-31-26(33)30(17-19-13-22(36-4)15-23(37-5)24(19)28)25(32)27(31)7-9-29(10-8-27)16-18-11-20(34-2)14-21(12-18)35-3/h11-15H,6-10,16-17H2,1-5H3. The molecule has 10 heteroatoms. The van der Waals surface area contributed by atoms with Crippen LogP contribution in [0.15, 0.2) is 34.8 Å². The average Bonchev–Trinajstić information content (AvgIpc) is 3.11. The lowest BCUT2D eigenvalue weighted by Gasteiger charge is -2.42. The Kier molecular flexibility index (Phi) is 8.18. The molecule has 0 N–H and O–H groups in total. The summed E-state index contributed by atoms with van der Waals surface area (Å²) in [6.45, 7) is 4.63. The number of benzene rings is 2. The summed E-state index contributed by atoms with van der Waals surface area (Å²) < 4.78 is 22.3. The number of halogens is 1. The zero-order valence-electron chi connectivity index (χ0n) is 22.0. The first-order valence-corrected chi connectivity index (χ1v) is 13.1. The molecule has 2 aromatic rings. The van der Waals surface area contributed by atoms with Gasteiger partial charge in [-0.25, -0.2) is 4.79 Å². The van der Waals surface area contributed by atoms with E-state index in [1.54, 1.807) is 39.4 Å². The van der Waals surface area contributed by atoms with Gasteiger partial charge < -0.3 is 23.8 Å². The van der Waals surface area contributed by atoms with Gasteiger partial charge in [-0.15, -0.1) is 0 Å². The molecule has 0 radical (unpaired) electrons. The lowest BCUT2D eigenvalue weighted by atomic mass is 9.85. The monoisotopic (exact) mass is 575 g/mol. The number of carbonyl (C=O) groups is 2. The Morgan fingerprint density at radius 3 is 1.97 bits per heavy atom. The van der Waals surface area contributed by atoms with Crippen molar-refractivity contribution in [2.75, 3.05) is 48.1 Å². The summed E-state index contributed by atoms with van der Waals surface area (Å²) in [6, 6.07) is 9.16. The fourth-order valence-corrected chi connectivity index (χ4v) is 5.84. The minimum absolute atomic E-state index is 0.136. The number of hydrogen-bond donors (Lipinski definition) is 0. The van der Waals surface area contributed by atoms with Crippen molar-refractivity contribution >= 4 is 27.9 Å². The smallest absolute Gasteiger partial charge is 0.327 e. The van der Waals surface area contributed by atoms with Crippen molar-refractivity contribution in [3.8, 4) is 23.0 Å². The molecule has 2 saturated heterocycles. The second-order valence-electron chi connectivity index (χ2n) is 9.25. The lowest BCUT2D eigenvalue weighted by molar-refractivity contribution is -0.136. The molecule has 0 aromatic heterocycles. The topological polar surface area (TPSA) is 80.8 Å². The average molecular weight is 576 g/mol. The van der Waals surface area contributed by atoms with Crippen LogP contribution < -0.4 is 18.9 Å². The molecule has 3 amide bonds. The first-order valence-electron chi connectivity index (χ1n) is 12.3. The van der Waals surface area contributed by atoms with E-state index in [2.05, 4.69) is 20.8 Å². The van der Waals surface area contributed by atoms with Gasteiger partial charge in [0.2, 0.25) is 0 Å². The molecule has 4 rings (SSSR count). The van der Waals surface area contributed by atoms with Crippen LogP contribution in [-0.4, -0.2) is 80.3 Å². The Balaban J connectivity index is 1.52. The number of nitrogens with zero attached hydrogens (tertiary/aromatic N) is 3. The molecule has 2 fully saturated rings. The summed E-state index contributed by atoms with van der Waals surface area (Å²) in [6.07, 6.45) is 1.15. The Labute approximate surface area is 226 Å². The van der Waals surface area contributed by atoms with Crippen LogP contribution in [0.25, 0.3) is 0 Å². The number of likely N-dealkylation sites (tertiary alicyclic amines) is 1. The number of amides is 3. The number of rotatable bonds is 9. The second kappa shape index (κ2) is 11.2. The summed E-state index contributed by atoms with van der Waals surface area (Å²) in [5, 5.41) is 0. The van der Waals surface area contributed by atoms with Gasteiger partial charge in [0.05, 0.1) is 39.5 Å². The van der Waals surface area contributed by atoms with Crippen LogP contribution in [0.5, 0.6) is 23.0 Å². The quantitative estimate of drug-likeness (QED) is 0.412. The van der Waals surface area contributed by atoms with E-state index in [0.29, 0.717) is 55.0 Å². The molecule has 1 spiro atoms. The van der Waals surface area contributed by atoms with Crippen LogP contribution in [-0.2, 0) is 17.9 Å². The van der Waals surface area contributed by atoms with E-state index in [1.165, 1.54) is 4.90 Å². The summed E-state index contributed by atoms with van der Waals surface area (Å²) in [4.78, 5) is 32.7. The largest absolute Gasteiger partial charge is 0.497 e. The highest BCUT2D eigenvalue weighted by atomic mass is 79.9. The van der Waals surface area contributed by atoms with E-state index in [-0.39, 0.29) is 18.5 Å². The molecule has 37 heavy (non-hydrogen) atoms. The van der Waals surface area contributed by atoms with Gasteiger partial charge in [-0.1, -0.05) is 0 Å². The first-order chi connectivity index (χ1) is 17.8. The van der Waals surface area contributed by atoms with Gasteiger partial charge in [-0.05, 0) is 65.0 Å². The molecule has 2 heterocycles. The number of imide groups is 1. The van der Waals surface area contributed by atoms with E-state index in [9.17, 15) is 9.59 Å². The van der Waals surface area contributed by atoms with Crippen molar-refractivity contribution in [3.05, 3.63) is 45.9 Å². The van der Waals surface area contributed by atoms with Crippen molar-refractivity contribution < 1.29 is 28.5 Å². The van der Waals surface area contributed by atoms with Crippen molar-refractivity contribution in [3.63, 3.8) is 0 Å². The van der Waals surface area contributed by atoms with Crippen LogP contribution in [0.2, 0.25) is 0 Å². The van der Waals surface area contributed by atoms with E-state index in [1.807, 2.05) is 31.2 Å². The zero-order chi connectivity index (χ0) is 26.7. The molecule has 2 aliphatic heterocycles. The number of ether oxygens (including phenoxy) is 4. The molecule has 0 unspecified atom stereocenters. The number of piperidine rings is 1. The first kappa shape index (κ1) is 27.1. The molecule has 0 atom stereocenters. The fourth-order valence-electron chi connectivity index (χ4n) is 5.32. The Hall–Kier alpha value is -2.98. The van der Waals surface area contributed by atoms with Gasteiger partial charge in [-0.2, -0.15) is 0 Å². The molecular formula is C27H34BrN3O6. The molecule has 9 nitrogen and oxygen atoms in total. The molecule has 200 valence electrons. The minimum Gasteiger partial charge on any atom is -0.497 e. The summed E-state index contributed by atoms with van der Waals surface area (Å²) >= 11 is 3.56. The van der Waals surface area contributed by atoms with Crippen molar-refractivity contribution in [2.45, 2.75) is 38.4 Å². The van der Waals surface area contributed by atoms with E-state index < -0.39 is 5.54 Å². The van der Waals surface area contributed by atoms with Gasteiger partial charge >= 0.3 is 6.03 Å². The number of urea groups is 1. The predicted molar refractivity (Wildman–Crippen MR) is 142 cm³/mol. The zero-order valence-corrected chi connectivity index (χ0v) is 23.6. The fraction of sp³-hybridized carbons (Fsp3) is 0.481. The highest BCUT2D eigenvalue weighted by Gasteiger charge is 2.57. The Bertz CT molecular complexity index is 1140. The van der Waals surface area contributed by atoms with Crippen molar-refractivity contribution in [1.29, 1.82) is 0 Å². The second-order valence-corrected chi connectivity index (χ2v) is 10.0. The summed E-state index contributed by atoms with van der Waals surface area (Å²) in [5.41, 5.74) is 0.992. The molecule has 0 saturated carbocycles. The van der Waals surface area contributed by atoms with E-state index >= 15 is 0 Å². The maximum Gasteiger partial charge on any atom is 0.327 e. The van der Waals surface area contributed by atoms with E-state index in [4.69, 9.17) is 18.9 Å². The normalized spacial score (nSPS) is 17.5. The third-order valence-corrected chi connectivity index (χ3v) is 8.21. The Morgan fingerprint density at radius 2 is 1.43 bits per heavy atom. The van der Waals surface area contributed by atoms with E-state index in [0.717, 1.165) is 22.6 Å². The molecule has 0 aliphatic carbocycles. The minimum atomic E-state index is -0.830. The molecular weight excluding hydrogens is 542 g/mol.